The van der Waals surface area contributed by atoms with Gasteiger partial charge in [0.1, 0.15) is 18.5 Å². The van der Waals surface area contributed by atoms with E-state index in [1.165, 1.54) is 5.56 Å². The van der Waals surface area contributed by atoms with Crippen molar-refractivity contribution in [3.05, 3.63) is 29.8 Å². The summed E-state index contributed by atoms with van der Waals surface area (Å²) in [6, 6.07) is 8.04. The van der Waals surface area contributed by atoms with Crippen LogP contribution < -0.4 is 4.74 Å². The lowest BCUT2D eigenvalue weighted by atomic mass is 10.2. The Morgan fingerprint density at radius 2 is 1.89 bits per heavy atom. The fraction of sp³-hybridized carbons (Fsp3) is 0.600. The summed E-state index contributed by atoms with van der Waals surface area (Å²) >= 11 is 0. The Morgan fingerprint density at radius 3 is 2.44 bits per heavy atom. The SMILES string of the molecule is CCCN(C)CC(O)COc1ccc(CC)cc1. The van der Waals surface area contributed by atoms with Crippen LogP contribution >= 0.6 is 0 Å². The van der Waals surface area contributed by atoms with Crippen LogP contribution in [0.1, 0.15) is 25.8 Å². The van der Waals surface area contributed by atoms with Crippen molar-refractivity contribution in [2.24, 2.45) is 0 Å². The molecule has 1 rings (SSSR count). The topological polar surface area (TPSA) is 32.7 Å². The Balaban J connectivity index is 2.30. The van der Waals surface area contributed by atoms with Gasteiger partial charge in [0.25, 0.3) is 0 Å². The molecule has 0 saturated carbocycles. The summed E-state index contributed by atoms with van der Waals surface area (Å²) in [5.41, 5.74) is 1.30. The molecule has 1 aromatic carbocycles. The van der Waals surface area contributed by atoms with E-state index in [-0.39, 0.29) is 0 Å². The molecular formula is C15H25NO2. The van der Waals surface area contributed by atoms with Gasteiger partial charge in [-0.25, -0.2) is 0 Å². The number of benzene rings is 1. The van der Waals surface area contributed by atoms with Crippen LogP contribution in [0.5, 0.6) is 5.75 Å². The molecule has 3 heteroatoms. The van der Waals surface area contributed by atoms with Crippen LogP contribution in [-0.4, -0.2) is 42.9 Å². The summed E-state index contributed by atoms with van der Waals surface area (Å²) in [4.78, 5) is 2.12. The van der Waals surface area contributed by atoms with Crippen molar-refractivity contribution in [3.63, 3.8) is 0 Å². The van der Waals surface area contributed by atoms with Gasteiger partial charge in [-0.1, -0.05) is 26.0 Å². The van der Waals surface area contributed by atoms with Crippen molar-refractivity contribution < 1.29 is 9.84 Å². The molecule has 1 N–H and O–H groups in total. The summed E-state index contributed by atoms with van der Waals surface area (Å²) in [6.07, 6.45) is 1.69. The van der Waals surface area contributed by atoms with E-state index in [1.807, 2.05) is 19.2 Å². The van der Waals surface area contributed by atoms with Gasteiger partial charge in [0.15, 0.2) is 0 Å². The molecular weight excluding hydrogens is 226 g/mol. The van der Waals surface area contributed by atoms with E-state index in [0.29, 0.717) is 13.2 Å². The molecule has 0 aromatic heterocycles. The van der Waals surface area contributed by atoms with E-state index in [0.717, 1.165) is 25.1 Å². The third-order valence-corrected chi connectivity index (χ3v) is 2.90. The highest BCUT2D eigenvalue weighted by Gasteiger charge is 2.08. The maximum Gasteiger partial charge on any atom is 0.119 e. The lowest BCUT2D eigenvalue weighted by Gasteiger charge is -2.20. The summed E-state index contributed by atoms with van der Waals surface area (Å²) in [6.45, 7) is 6.26. The van der Waals surface area contributed by atoms with Gasteiger partial charge in [-0.3, -0.25) is 0 Å². The van der Waals surface area contributed by atoms with E-state index in [4.69, 9.17) is 4.74 Å². The molecule has 1 atom stereocenters. The molecule has 0 fully saturated rings. The minimum absolute atomic E-state index is 0.347. The van der Waals surface area contributed by atoms with Gasteiger partial charge in [-0.05, 0) is 44.1 Å². The van der Waals surface area contributed by atoms with Crippen LogP contribution in [0.15, 0.2) is 24.3 Å². The first-order valence-electron chi connectivity index (χ1n) is 6.74. The highest BCUT2D eigenvalue weighted by molar-refractivity contribution is 5.27. The summed E-state index contributed by atoms with van der Waals surface area (Å²) < 4.78 is 5.57. The van der Waals surface area contributed by atoms with Crippen molar-refractivity contribution in [1.82, 2.24) is 4.90 Å². The molecule has 0 aliphatic heterocycles. The standard InChI is InChI=1S/C15H25NO2/c1-4-10-16(3)11-14(17)12-18-15-8-6-13(5-2)7-9-15/h6-9,14,17H,4-5,10-12H2,1-3H3. The largest absolute Gasteiger partial charge is 0.491 e. The van der Waals surface area contributed by atoms with Crippen LogP contribution in [0.3, 0.4) is 0 Å². The van der Waals surface area contributed by atoms with Crippen molar-refractivity contribution in [2.75, 3.05) is 26.7 Å². The fourth-order valence-corrected chi connectivity index (χ4v) is 1.90. The molecule has 0 saturated heterocycles. The normalized spacial score (nSPS) is 12.7. The second-order valence-corrected chi connectivity index (χ2v) is 4.72. The van der Waals surface area contributed by atoms with Gasteiger partial charge in [-0.2, -0.15) is 0 Å². The molecule has 0 aliphatic carbocycles. The van der Waals surface area contributed by atoms with E-state index >= 15 is 0 Å². The molecule has 3 nitrogen and oxygen atoms in total. The van der Waals surface area contributed by atoms with Crippen molar-refractivity contribution >= 4 is 0 Å². The Hall–Kier alpha value is -1.06. The Morgan fingerprint density at radius 1 is 1.22 bits per heavy atom. The maximum absolute atomic E-state index is 9.84. The second kappa shape index (κ2) is 8.11. The third kappa shape index (κ3) is 5.52. The average molecular weight is 251 g/mol. The predicted molar refractivity (Wildman–Crippen MR) is 75.1 cm³/mol. The van der Waals surface area contributed by atoms with E-state index in [1.54, 1.807) is 0 Å². The van der Waals surface area contributed by atoms with Gasteiger partial charge in [0.2, 0.25) is 0 Å². The molecule has 18 heavy (non-hydrogen) atoms. The zero-order valence-electron chi connectivity index (χ0n) is 11.7. The van der Waals surface area contributed by atoms with Crippen LogP contribution in [-0.2, 0) is 6.42 Å². The lowest BCUT2D eigenvalue weighted by molar-refractivity contribution is 0.0764. The average Bonchev–Trinajstić information content (AvgIpc) is 2.37. The quantitative estimate of drug-likeness (QED) is 0.769. The van der Waals surface area contributed by atoms with Crippen LogP contribution in [0.4, 0.5) is 0 Å². The number of aliphatic hydroxyl groups excluding tert-OH is 1. The van der Waals surface area contributed by atoms with Crippen LogP contribution in [0, 0.1) is 0 Å². The second-order valence-electron chi connectivity index (χ2n) is 4.72. The van der Waals surface area contributed by atoms with Gasteiger partial charge < -0.3 is 14.7 Å². The first-order chi connectivity index (χ1) is 8.65. The number of aliphatic hydroxyl groups is 1. The minimum Gasteiger partial charge on any atom is -0.491 e. The van der Waals surface area contributed by atoms with Gasteiger partial charge in [0.05, 0.1) is 0 Å². The number of nitrogens with zero attached hydrogens (tertiary/aromatic N) is 1. The number of hydrogen-bond donors (Lipinski definition) is 1. The van der Waals surface area contributed by atoms with E-state index in [2.05, 4.69) is 30.9 Å². The number of rotatable bonds is 8. The zero-order chi connectivity index (χ0) is 13.4. The molecule has 0 spiro atoms. The number of aryl methyl sites for hydroxylation is 1. The zero-order valence-corrected chi connectivity index (χ0v) is 11.7. The molecule has 0 bridgehead atoms. The summed E-state index contributed by atoms with van der Waals surface area (Å²) in [5.74, 6) is 0.824. The molecule has 102 valence electrons. The molecule has 1 unspecified atom stereocenters. The number of likely N-dealkylation sites (N-methyl/N-ethyl adjacent to an activating group) is 1. The first-order valence-corrected chi connectivity index (χ1v) is 6.74. The Bertz CT molecular complexity index is 324. The summed E-state index contributed by atoms with van der Waals surface area (Å²) in [5, 5.41) is 9.84. The maximum atomic E-state index is 9.84. The highest BCUT2D eigenvalue weighted by Crippen LogP contribution is 2.12. The third-order valence-electron chi connectivity index (χ3n) is 2.90. The molecule has 0 heterocycles. The molecule has 0 aliphatic rings. The van der Waals surface area contributed by atoms with E-state index in [9.17, 15) is 5.11 Å². The predicted octanol–water partition coefficient (Wildman–Crippen LogP) is 2.33. The Kier molecular flexibility index (Phi) is 6.76. The molecule has 0 radical (unpaired) electrons. The fourth-order valence-electron chi connectivity index (χ4n) is 1.90. The van der Waals surface area contributed by atoms with Crippen molar-refractivity contribution in [3.8, 4) is 5.75 Å². The van der Waals surface area contributed by atoms with Crippen LogP contribution in [0.25, 0.3) is 0 Å². The van der Waals surface area contributed by atoms with E-state index < -0.39 is 6.10 Å². The number of hydrogen-bond acceptors (Lipinski definition) is 3. The summed E-state index contributed by atoms with van der Waals surface area (Å²) in [7, 11) is 2.02. The lowest BCUT2D eigenvalue weighted by Crippen LogP contribution is -2.33. The van der Waals surface area contributed by atoms with Gasteiger partial charge in [0, 0.05) is 6.54 Å². The molecule has 1 aromatic rings. The van der Waals surface area contributed by atoms with Crippen LogP contribution in [0.2, 0.25) is 0 Å². The van der Waals surface area contributed by atoms with Gasteiger partial charge in [-0.15, -0.1) is 0 Å². The smallest absolute Gasteiger partial charge is 0.119 e. The number of ether oxygens (including phenoxy) is 1. The first kappa shape index (κ1) is 15.0. The molecule has 0 amide bonds. The minimum atomic E-state index is -0.438. The Labute approximate surface area is 110 Å². The highest BCUT2D eigenvalue weighted by atomic mass is 16.5. The monoisotopic (exact) mass is 251 g/mol. The van der Waals surface area contributed by atoms with Gasteiger partial charge >= 0.3 is 0 Å². The van der Waals surface area contributed by atoms with Crippen molar-refractivity contribution in [1.29, 1.82) is 0 Å². The van der Waals surface area contributed by atoms with Crippen molar-refractivity contribution in [2.45, 2.75) is 32.8 Å².